The number of carbonyl (C=O) groups excluding carboxylic acids is 1. The molecule has 194 valence electrons. The van der Waals surface area contributed by atoms with Gasteiger partial charge in [0.25, 0.3) is 0 Å². The molecule has 0 fully saturated rings. The molecule has 14 heteroatoms. The Bertz CT molecular complexity index is 1290. The molecule has 0 spiro atoms. The largest absolute Gasteiger partial charge is 0.454 e. The molecule has 0 aliphatic carbocycles. The van der Waals surface area contributed by atoms with Crippen LogP contribution in [-0.2, 0) is 6.18 Å². The summed E-state index contributed by atoms with van der Waals surface area (Å²) in [6.07, 6.45) is -3.67. The maximum atomic E-state index is 12.5. The normalized spacial score (nSPS) is 11.3. The molecule has 0 saturated carbocycles. The van der Waals surface area contributed by atoms with E-state index in [0.717, 1.165) is 22.1 Å². The van der Waals surface area contributed by atoms with Crippen molar-refractivity contribution in [2.45, 2.75) is 12.4 Å². The molecule has 0 radical (unpaired) electrons. The first-order valence-electron chi connectivity index (χ1n) is 10.3. The van der Waals surface area contributed by atoms with Crippen molar-refractivity contribution in [3.8, 4) is 23.0 Å². The van der Waals surface area contributed by atoms with Crippen molar-refractivity contribution >= 4 is 12.0 Å². The van der Waals surface area contributed by atoms with E-state index >= 15 is 0 Å². The third-order valence-electron chi connectivity index (χ3n) is 4.52. The molecule has 0 atom stereocenters. The van der Waals surface area contributed by atoms with Crippen molar-refractivity contribution in [2.24, 2.45) is 0 Å². The second-order valence-corrected chi connectivity index (χ2v) is 7.17. The minimum Gasteiger partial charge on any atom is -0.454 e. The fourth-order valence-electron chi connectivity index (χ4n) is 2.82. The van der Waals surface area contributed by atoms with Gasteiger partial charge in [-0.15, -0.1) is 0 Å². The van der Waals surface area contributed by atoms with E-state index in [2.05, 4.69) is 30.1 Å². The van der Waals surface area contributed by atoms with E-state index < -0.39 is 30.2 Å². The van der Waals surface area contributed by atoms with Crippen LogP contribution < -0.4 is 10.1 Å². The van der Waals surface area contributed by atoms with Crippen molar-refractivity contribution < 1.29 is 35.9 Å². The molecule has 0 saturated heterocycles. The quantitative estimate of drug-likeness (QED) is 0.273. The minimum atomic E-state index is -4.66. The van der Waals surface area contributed by atoms with Gasteiger partial charge in [-0.2, -0.15) is 31.4 Å². The van der Waals surface area contributed by atoms with E-state index in [9.17, 15) is 31.1 Å². The van der Waals surface area contributed by atoms with Gasteiger partial charge in [0.15, 0.2) is 24.4 Å². The van der Waals surface area contributed by atoms with Gasteiger partial charge in [0, 0.05) is 43.1 Å². The lowest BCUT2D eigenvalue weighted by molar-refractivity contribution is -0.154. The van der Waals surface area contributed by atoms with Crippen LogP contribution in [-0.4, -0.2) is 50.8 Å². The fourth-order valence-corrected chi connectivity index (χ4v) is 2.82. The zero-order valence-electron chi connectivity index (χ0n) is 19.0. The Morgan fingerprint density at radius 1 is 0.946 bits per heavy atom. The summed E-state index contributed by atoms with van der Waals surface area (Å²) in [5.41, 5.74) is 0.805. The topological polar surface area (TPSA) is 94.8 Å². The minimum absolute atomic E-state index is 0.120. The SMILES string of the molecule is CNc1ccc(-c2cnc(OCC(F)(F)F)nc2)cc1.O=Cc1cn(-c2ccccn2)nc1C(F)(F)F. The third-order valence-corrected chi connectivity index (χ3v) is 4.52. The van der Waals surface area contributed by atoms with Crippen molar-refractivity contribution in [3.63, 3.8) is 0 Å². The number of halogens is 6. The van der Waals surface area contributed by atoms with E-state index in [1.165, 1.54) is 24.7 Å². The van der Waals surface area contributed by atoms with E-state index in [1.807, 2.05) is 31.3 Å². The highest BCUT2D eigenvalue weighted by molar-refractivity contribution is 5.76. The second kappa shape index (κ2) is 11.5. The van der Waals surface area contributed by atoms with Gasteiger partial charge in [0.1, 0.15) is 0 Å². The summed E-state index contributed by atoms with van der Waals surface area (Å²) in [5, 5.41) is 6.31. The van der Waals surface area contributed by atoms with E-state index in [0.29, 0.717) is 5.56 Å². The van der Waals surface area contributed by atoms with Crippen molar-refractivity contribution in [1.82, 2.24) is 24.7 Å². The first kappa shape index (κ1) is 27.1. The molecule has 4 rings (SSSR count). The summed E-state index contributed by atoms with van der Waals surface area (Å²) in [6.45, 7) is -1.40. The Morgan fingerprint density at radius 3 is 2.11 bits per heavy atom. The lowest BCUT2D eigenvalue weighted by Crippen LogP contribution is -2.20. The number of anilines is 1. The average Bonchev–Trinajstić information content (AvgIpc) is 3.34. The molecule has 0 bridgehead atoms. The highest BCUT2D eigenvalue weighted by Gasteiger charge is 2.37. The van der Waals surface area contributed by atoms with Gasteiger partial charge in [0.2, 0.25) is 0 Å². The Balaban J connectivity index is 0.000000208. The summed E-state index contributed by atoms with van der Waals surface area (Å²) in [6, 6.07) is 11.9. The molecular weight excluding hydrogens is 506 g/mol. The Kier molecular flexibility index (Phi) is 8.42. The number of ether oxygens (including phenoxy) is 1. The van der Waals surface area contributed by atoms with Crippen LogP contribution >= 0.6 is 0 Å². The molecule has 3 aromatic heterocycles. The van der Waals surface area contributed by atoms with Crippen LogP contribution in [0.4, 0.5) is 32.0 Å². The number of hydrogen-bond donors (Lipinski definition) is 1. The highest BCUT2D eigenvalue weighted by Crippen LogP contribution is 2.30. The van der Waals surface area contributed by atoms with E-state index in [4.69, 9.17) is 0 Å². The van der Waals surface area contributed by atoms with Gasteiger partial charge in [-0.05, 0) is 29.8 Å². The van der Waals surface area contributed by atoms with Crippen LogP contribution in [0.15, 0.2) is 67.3 Å². The van der Waals surface area contributed by atoms with Crippen molar-refractivity contribution in [3.05, 3.63) is 78.5 Å². The van der Waals surface area contributed by atoms with Crippen LogP contribution in [0.2, 0.25) is 0 Å². The number of rotatable bonds is 6. The predicted molar refractivity (Wildman–Crippen MR) is 120 cm³/mol. The monoisotopic (exact) mass is 524 g/mol. The summed E-state index contributed by atoms with van der Waals surface area (Å²) in [4.78, 5) is 21.9. The van der Waals surface area contributed by atoms with E-state index in [-0.39, 0.29) is 18.1 Å². The molecule has 0 unspecified atom stereocenters. The van der Waals surface area contributed by atoms with Gasteiger partial charge in [-0.25, -0.2) is 19.6 Å². The Labute approximate surface area is 206 Å². The summed E-state index contributed by atoms with van der Waals surface area (Å²) < 4.78 is 78.8. The Hall–Kier alpha value is -4.49. The number of carbonyl (C=O) groups is 1. The molecule has 1 aromatic carbocycles. The smallest absolute Gasteiger partial charge is 0.435 e. The first-order valence-corrected chi connectivity index (χ1v) is 10.3. The van der Waals surface area contributed by atoms with Gasteiger partial charge < -0.3 is 10.1 Å². The highest BCUT2D eigenvalue weighted by atomic mass is 19.4. The van der Waals surface area contributed by atoms with Gasteiger partial charge >= 0.3 is 18.4 Å². The van der Waals surface area contributed by atoms with Crippen LogP contribution in [0.25, 0.3) is 16.9 Å². The Morgan fingerprint density at radius 2 is 1.62 bits per heavy atom. The van der Waals surface area contributed by atoms with E-state index in [1.54, 1.807) is 12.1 Å². The average molecular weight is 524 g/mol. The first-order chi connectivity index (χ1) is 17.5. The lowest BCUT2D eigenvalue weighted by Gasteiger charge is -2.08. The van der Waals surface area contributed by atoms with Crippen LogP contribution in [0, 0.1) is 0 Å². The molecule has 37 heavy (non-hydrogen) atoms. The maximum Gasteiger partial charge on any atom is 0.435 e. The van der Waals surface area contributed by atoms with Gasteiger partial charge in [-0.1, -0.05) is 18.2 Å². The molecule has 8 nitrogen and oxygen atoms in total. The zero-order valence-corrected chi connectivity index (χ0v) is 19.0. The molecule has 0 aliphatic heterocycles. The second-order valence-electron chi connectivity index (χ2n) is 7.17. The number of hydrogen-bond acceptors (Lipinski definition) is 7. The zero-order chi connectivity index (χ0) is 27.1. The summed E-state index contributed by atoms with van der Waals surface area (Å²) >= 11 is 0. The fraction of sp³-hybridized carbons (Fsp3) is 0.174. The standard InChI is InChI=1S/C13H12F3N3O.C10H6F3N3O/c1-17-11-4-2-9(3-5-11)10-6-18-12(19-7-10)20-8-13(14,15)16;11-10(12,13)9-7(6-17)5-16(15-9)8-3-1-2-4-14-8/h2-7,17H,8H2,1H3;1-6H. The van der Waals surface area contributed by atoms with Crippen LogP contribution in [0.3, 0.4) is 0 Å². The maximum absolute atomic E-state index is 12.5. The molecule has 4 aromatic rings. The number of alkyl halides is 6. The number of pyridine rings is 1. The third kappa shape index (κ3) is 7.75. The molecule has 0 aliphatic rings. The lowest BCUT2D eigenvalue weighted by atomic mass is 10.1. The molecule has 3 heterocycles. The number of nitrogens with zero attached hydrogens (tertiary/aromatic N) is 5. The summed E-state index contributed by atoms with van der Waals surface area (Å²) in [5.74, 6) is 0.214. The predicted octanol–water partition coefficient (Wildman–Crippen LogP) is 5.23. The number of aldehydes is 1. The number of nitrogens with one attached hydrogen (secondary N) is 1. The van der Waals surface area contributed by atoms with Gasteiger partial charge in [0.05, 0.1) is 5.56 Å². The summed E-state index contributed by atoms with van der Waals surface area (Å²) in [7, 11) is 1.81. The molecular formula is C23H18F6N6O2. The number of benzene rings is 1. The van der Waals surface area contributed by atoms with Crippen LogP contribution in [0.1, 0.15) is 16.1 Å². The van der Waals surface area contributed by atoms with Crippen LogP contribution in [0.5, 0.6) is 6.01 Å². The molecule has 0 amide bonds. The van der Waals surface area contributed by atoms with Crippen molar-refractivity contribution in [2.75, 3.05) is 19.0 Å². The van der Waals surface area contributed by atoms with Gasteiger partial charge in [-0.3, -0.25) is 4.79 Å². The molecule has 1 N–H and O–H groups in total. The number of aromatic nitrogens is 5. The van der Waals surface area contributed by atoms with Crippen molar-refractivity contribution in [1.29, 1.82) is 0 Å².